The fourth-order valence-electron chi connectivity index (χ4n) is 4.79. The molecule has 0 radical (unpaired) electrons. The molecule has 0 spiro atoms. The lowest BCUT2D eigenvalue weighted by Crippen LogP contribution is -2.21. The Morgan fingerprint density at radius 3 is 2.55 bits per heavy atom. The van der Waals surface area contributed by atoms with Gasteiger partial charge in [-0.1, -0.05) is 25.3 Å². The molecule has 180 valence electrons. The van der Waals surface area contributed by atoms with Gasteiger partial charge in [-0.15, -0.1) is 24.8 Å². The van der Waals surface area contributed by atoms with Crippen LogP contribution in [0.25, 0.3) is 22.0 Å². The van der Waals surface area contributed by atoms with E-state index in [1.165, 1.54) is 19.3 Å². The van der Waals surface area contributed by atoms with Crippen LogP contribution in [0.5, 0.6) is 5.75 Å². The molecule has 1 fully saturated rings. The highest BCUT2D eigenvalue weighted by Gasteiger charge is 2.29. The molecular weight excluding hydrogens is 461 g/mol. The van der Waals surface area contributed by atoms with Crippen molar-refractivity contribution in [2.24, 2.45) is 0 Å². The number of hydrogen-bond acceptors (Lipinski definition) is 5. The van der Waals surface area contributed by atoms with E-state index in [0.29, 0.717) is 24.8 Å². The largest absolute Gasteiger partial charge is 0.507 e. The van der Waals surface area contributed by atoms with E-state index in [4.69, 9.17) is 4.74 Å². The second kappa shape index (κ2) is 11.7. The molecule has 0 bridgehead atoms. The monoisotopic (exact) mass is 493 g/mol. The van der Waals surface area contributed by atoms with Crippen molar-refractivity contribution in [3.05, 3.63) is 47.9 Å². The molecule has 6 nitrogen and oxygen atoms in total. The first kappa shape index (κ1) is 27.0. The van der Waals surface area contributed by atoms with Crippen molar-refractivity contribution in [2.75, 3.05) is 20.7 Å². The number of esters is 1. The van der Waals surface area contributed by atoms with Crippen molar-refractivity contribution in [1.29, 1.82) is 0 Å². The Bertz CT molecular complexity index is 1080. The van der Waals surface area contributed by atoms with E-state index < -0.39 is 0 Å². The Balaban J connectivity index is 0.00000193. The van der Waals surface area contributed by atoms with Crippen LogP contribution in [-0.2, 0) is 11.3 Å². The van der Waals surface area contributed by atoms with E-state index in [1.807, 2.05) is 39.2 Å². The molecule has 8 heteroatoms. The molecule has 2 heterocycles. The molecule has 0 atom stereocenters. The standard InChI is InChI=1S/C25H31N3O3.2ClH/c1-4-31-25(30)24-20-14-23(29)19(17-9-8-12-26-15-17)13-21(20)28(22(24)16-27(2)3)18-10-6-5-7-11-18;;/h8-9,12-15,18,29H,4-7,10-11,16H2,1-3H3;2*1H. The number of phenols is 1. The maximum Gasteiger partial charge on any atom is 0.340 e. The molecule has 1 N–H and O–H groups in total. The first-order valence-electron chi connectivity index (χ1n) is 11.1. The van der Waals surface area contributed by atoms with Crippen molar-refractivity contribution in [1.82, 2.24) is 14.5 Å². The van der Waals surface area contributed by atoms with Gasteiger partial charge in [-0.05, 0) is 52.1 Å². The van der Waals surface area contributed by atoms with Crippen molar-refractivity contribution >= 4 is 41.7 Å². The minimum absolute atomic E-state index is 0. The van der Waals surface area contributed by atoms with Gasteiger partial charge in [0.2, 0.25) is 0 Å². The average Bonchev–Trinajstić information content (AvgIpc) is 3.06. The summed E-state index contributed by atoms with van der Waals surface area (Å²) in [5.41, 5.74) is 4.09. The average molecular weight is 494 g/mol. The minimum Gasteiger partial charge on any atom is -0.507 e. The van der Waals surface area contributed by atoms with Crippen LogP contribution < -0.4 is 0 Å². The number of fused-ring (bicyclic) bond motifs is 1. The quantitative estimate of drug-likeness (QED) is 0.426. The Morgan fingerprint density at radius 2 is 1.94 bits per heavy atom. The lowest BCUT2D eigenvalue weighted by Gasteiger charge is -2.27. The Hall–Kier alpha value is -2.28. The predicted octanol–water partition coefficient (Wildman–Crippen LogP) is 6.00. The normalized spacial score (nSPS) is 14.1. The smallest absolute Gasteiger partial charge is 0.340 e. The van der Waals surface area contributed by atoms with Gasteiger partial charge in [0.05, 0.1) is 17.7 Å². The number of halogens is 2. The second-order valence-electron chi connectivity index (χ2n) is 8.57. The summed E-state index contributed by atoms with van der Waals surface area (Å²) < 4.78 is 7.80. The second-order valence-corrected chi connectivity index (χ2v) is 8.57. The number of rotatable bonds is 6. The van der Waals surface area contributed by atoms with Crippen LogP contribution in [0.1, 0.15) is 61.1 Å². The Morgan fingerprint density at radius 1 is 1.21 bits per heavy atom. The third-order valence-corrected chi connectivity index (χ3v) is 6.08. The van der Waals surface area contributed by atoms with Crippen LogP contribution in [-0.4, -0.2) is 46.2 Å². The lowest BCUT2D eigenvalue weighted by molar-refractivity contribution is 0.0526. The third-order valence-electron chi connectivity index (χ3n) is 6.08. The van der Waals surface area contributed by atoms with E-state index >= 15 is 0 Å². The molecular formula is C25H33Cl2N3O3. The van der Waals surface area contributed by atoms with Crippen molar-refractivity contribution in [2.45, 2.75) is 51.6 Å². The van der Waals surface area contributed by atoms with Crippen molar-refractivity contribution < 1.29 is 14.6 Å². The SMILES string of the molecule is CCOC(=O)c1c(CN(C)C)n(C2CCCCC2)c2cc(-c3cccnc3)c(O)cc12.Cl.Cl. The number of ether oxygens (including phenoxy) is 1. The molecule has 33 heavy (non-hydrogen) atoms. The van der Waals surface area contributed by atoms with Gasteiger partial charge in [0.15, 0.2) is 0 Å². The lowest BCUT2D eigenvalue weighted by atomic mass is 9.95. The van der Waals surface area contributed by atoms with Gasteiger partial charge in [0.25, 0.3) is 0 Å². The predicted molar refractivity (Wildman–Crippen MR) is 137 cm³/mol. The van der Waals surface area contributed by atoms with Gasteiger partial charge >= 0.3 is 5.97 Å². The summed E-state index contributed by atoms with van der Waals surface area (Å²) >= 11 is 0. The maximum absolute atomic E-state index is 13.1. The van der Waals surface area contributed by atoms with Crippen LogP contribution in [0.15, 0.2) is 36.7 Å². The zero-order valence-electron chi connectivity index (χ0n) is 19.4. The van der Waals surface area contributed by atoms with Crippen LogP contribution in [0.3, 0.4) is 0 Å². The molecule has 0 saturated heterocycles. The van der Waals surface area contributed by atoms with Crippen LogP contribution in [0, 0.1) is 0 Å². The molecule has 1 saturated carbocycles. The summed E-state index contributed by atoms with van der Waals surface area (Å²) in [6.07, 6.45) is 9.29. The highest BCUT2D eigenvalue weighted by molar-refractivity contribution is 6.07. The fraction of sp³-hybridized carbons (Fsp3) is 0.440. The number of pyridine rings is 1. The Labute approximate surface area is 207 Å². The molecule has 4 rings (SSSR count). The molecule has 0 amide bonds. The van der Waals surface area contributed by atoms with E-state index in [1.54, 1.807) is 18.5 Å². The number of carbonyl (C=O) groups is 1. The first-order valence-corrected chi connectivity index (χ1v) is 11.1. The molecule has 0 unspecified atom stereocenters. The van der Waals surface area contributed by atoms with Crippen LogP contribution in [0.2, 0.25) is 0 Å². The van der Waals surface area contributed by atoms with Crippen LogP contribution >= 0.6 is 24.8 Å². The number of aromatic hydroxyl groups is 1. The first-order chi connectivity index (χ1) is 15.0. The Kier molecular flexibility index (Phi) is 9.58. The minimum atomic E-state index is -0.326. The zero-order chi connectivity index (χ0) is 22.0. The number of aromatic nitrogens is 2. The number of hydrogen-bond donors (Lipinski definition) is 1. The van der Waals surface area contributed by atoms with Gasteiger partial charge < -0.3 is 19.3 Å². The summed E-state index contributed by atoms with van der Waals surface area (Å²) in [5.74, 6) is -0.185. The summed E-state index contributed by atoms with van der Waals surface area (Å²) in [6.45, 7) is 2.76. The number of benzene rings is 1. The highest BCUT2D eigenvalue weighted by atomic mass is 35.5. The van der Waals surface area contributed by atoms with Gasteiger partial charge in [0.1, 0.15) is 5.75 Å². The van der Waals surface area contributed by atoms with Gasteiger partial charge in [-0.3, -0.25) is 4.98 Å². The fourth-order valence-corrected chi connectivity index (χ4v) is 4.79. The summed E-state index contributed by atoms with van der Waals surface area (Å²) in [4.78, 5) is 19.4. The molecule has 2 aromatic heterocycles. The number of carbonyl (C=O) groups excluding carboxylic acids is 1. The van der Waals surface area contributed by atoms with E-state index in [-0.39, 0.29) is 36.5 Å². The van der Waals surface area contributed by atoms with Gasteiger partial charge in [0, 0.05) is 47.2 Å². The summed E-state index contributed by atoms with van der Waals surface area (Å²) in [7, 11) is 4.02. The van der Waals surface area contributed by atoms with Gasteiger partial charge in [-0.25, -0.2) is 4.79 Å². The van der Waals surface area contributed by atoms with Crippen molar-refractivity contribution in [3.63, 3.8) is 0 Å². The topological polar surface area (TPSA) is 67.6 Å². The van der Waals surface area contributed by atoms with E-state index in [2.05, 4.69) is 14.5 Å². The summed E-state index contributed by atoms with van der Waals surface area (Å²) in [6, 6.07) is 7.87. The highest BCUT2D eigenvalue weighted by Crippen LogP contribution is 2.41. The number of phenolic OH excluding ortho intramolecular Hbond substituents is 1. The maximum atomic E-state index is 13.1. The summed E-state index contributed by atoms with van der Waals surface area (Å²) in [5, 5.41) is 11.6. The van der Waals surface area contributed by atoms with Gasteiger partial charge in [-0.2, -0.15) is 0 Å². The molecule has 0 aliphatic heterocycles. The van der Waals surface area contributed by atoms with Crippen molar-refractivity contribution in [3.8, 4) is 16.9 Å². The zero-order valence-corrected chi connectivity index (χ0v) is 21.0. The third kappa shape index (κ3) is 5.45. The molecule has 1 aliphatic carbocycles. The molecule has 3 aromatic rings. The molecule has 1 aromatic carbocycles. The van der Waals surface area contributed by atoms with Crippen LogP contribution in [0.4, 0.5) is 0 Å². The molecule has 1 aliphatic rings. The van der Waals surface area contributed by atoms with E-state index in [0.717, 1.165) is 40.6 Å². The van der Waals surface area contributed by atoms with E-state index in [9.17, 15) is 9.90 Å². The number of nitrogens with zero attached hydrogens (tertiary/aromatic N) is 3.